The number of hydrogen-bond acceptors (Lipinski definition) is 6. The van der Waals surface area contributed by atoms with Gasteiger partial charge in [-0.05, 0) is 49.8 Å². The molecule has 3 aliphatic rings. The van der Waals surface area contributed by atoms with Crippen molar-refractivity contribution in [3.63, 3.8) is 0 Å². The van der Waals surface area contributed by atoms with Gasteiger partial charge in [-0.3, -0.25) is 14.5 Å². The average Bonchev–Trinajstić information content (AvgIpc) is 3.34. The van der Waals surface area contributed by atoms with E-state index in [1.807, 2.05) is 24.3 Å². The van der Waals surface area contributed by atoms with Crippen molar-refractivity contribution in [3.8, 4) is 5.75 Å². The van der Waals surface area contributed by atoms with Crippen molar-refractivity contribution in [1.29, 1.82) is 0 Å². The van der Waals surface area contributed by atoms with Gasteiger partial charge in [-0.15, -0.1) is 0 Å². The Bertz CT molecular complexity index is 1120. The Labute approximate surface area is 186 Å². The molecule has 7 heteroatoms. The third-order valence-electron chi connectivity index (χ3n) is 6.51. The molecule has 2 aromatic rings. The van der Waals surface area contributed by atoms with Crippen molar-refractivity contribution < 1.29 is 23.6 Å². The van der Waals surface area contributed by atoms with E-state index in [2.05, 4.69) is 18.7 Å². The van der Waals surface area contributed by atoms with Crippen LogP contribution in [-0.4, -0.2) is 29.6 Å². The summed E-state index contributed by atoms with van der Waals surface area (Å²) in [6, 6.07) is 8.46. The molecule has 0 N–H and O–H groups in total. The summed E-state index contributed by atoms with van der Waals surface area (Å²) in [6.07, 6.45) is 3.96. The molecule has 7 nitrogen and oxygen atoms in total. The predicted molar refractivity (Wildman–Crippen MR) is 117 cm³/mol. The molecule has 0 spiro atoms. The second-order valence-corrected chi connectivity index (χ2v) is 8.83. The minimum Gasteiger partial charge on any atom is -0.490 e. The minimum atomic E-state index is -0.653. The Hall–Kier alpha value is -3.35. The highest BCUT2D eigenvalue weighted by molar-refractivity contribution is 6.17. The second-order valence-electron chi connectivity index (χ2n) is 8.83. The second kappa shape index (κ2) is 7.97. The number of fused-ring (bicyclic) bond motifs is 1. The number of aromatic nitrogens is 1. The lowest BCUT2D eigenvalue weighted by atomic mass is 9.74. The number of carbonyl (C=O) groups excluding carboxylic acids is 2. The molecule has 166 valence electrons. The molecule has 1 aromatic carbocycles. The normalized spacial score (nSPS) is 27.1. The maximum atomic E-state index is 13.7. The van der Waals surface area contributed by atoms with Gasteiger partial charge in [0.25, 0.3) is 5.91 Å². The highest BCUT2D eigenvalue weighted by Crippen LogP contribution is 2.49. The third kappa shape index (κ3) is 3.32. The fraction of sp³-hybridized carbons (Fsp3) is 0.400. The summed E-state index contributed by atoms with van der Waals surface area (Å²) >= 11 is 0. The lowest BCUT2D eigenvalue weighted by Gasteiger charge is -2.37. The van der Waals surface area contributed by atoms with Gasteiger partial charge in [0.1, 0.15) is 24.2 Å². The molecule has 1 amide bonds. The van der Waals surface area contributed by atoms with Gasteiger partial charge in [0.05, 0.1) is 17.5 Å². The Morgan fingerprint density at radius 1 is 1.28 bits per heavy atom. The van der Waals surface area contributed by atoms with Crippen LogP contribution in [0.15, 0.2) is 58.8 Å². The van der Waals surface area contributed by atoms with Crippen LogP contribution in [0.5, 0.6) is 5.75 Å². The van der Waals surface area contributed by atoms with Crippen molar-refractivity contribution >= 4 is 17.5 Å². The molecule has 0 saturated heterocycles. The highest BCUT2D eigenvalue weighted by Gasteiger charge is 2.53. The molecule has 5 rings (SSSR count). The van der Waals surface area contributed by atoms with Crippen LogP contribution in [0, 0.1) is 18.8 Å². The van der Waals surface area contributed by atoms with Gasteiger partial charge in [-0.25, -0.2) is 0 Å². The van der Waals surface area contributed by atoms with Gasteiger partial charge in [0.2, 0.25) is 0 Å². The number of benzene rings is 1. The summed E-state index contributed by atoms with van der Waals surface area (Å²) in [6.45, 7) is 7.97. The lowest BCUT2D eigenvalue weighted by molar-refractivity contribution is -0.132. The number of amides is 1. The number of rotatable bonds is 5. The van der Waals surface area contributed by atoms with Gasteiger partial charge >= 0.3 is 0 Å². The maximum Gasteiger partial charge on any atom is 0.295 e. The number of carbonyl (C=O) groups is 2. The summed E-state index contributed by atoms with van der Waals surface area (Å²) < 4.78 is 17.2. The maximum absolute atomic E-state index is 13.7. The summed E-state index contributed by atoms with van der Waals surface area (Å²) in [5.74, 6) is 1.58. The third-order valence-corrected chi connectivity index (χ3v) is 6.51. The zero-order chi connectivity index (χ0) is 22.4. The molecule has 1 aliphatic carbocycles. The summed E-state index contributed by atoms with van der Waals surface area (Å²) in [5, 5.41) is 4.07. The Morgan fingerprint density at radius 3 is 2.88 bits per heavy atom. The van der Waals surface area contributed by atoms with E-state index < -0.39 is 6.04 Å². The molecular formula is C25H26N2O5. The van der Waals surface area contributed by atoms with E-state index in [9.17, 15) is 9.59 Å². The number of hydrogen-bond donors (Lipinski definition) is 0. The molecule has 0 bridgehead atoms. The van der Waals surface area contributed by atoms with Crippen molar-refractivity contribution in [3.05, 3.63) is 65.6 Å². The molecule has 32 heavy (non-hydrogen) atoms. The fourth-order valence-corrected chi connectivity index (χ4v) is 5.03. The SMILES string of the molecule is C=CCOc1cccc(C2C3=C(OC4CCC(C)CC4C3=O)C(=O)N2c2cc(C)on2)c1. The van der Waals surface area contributed by atoms with E-state index in [0.717, 1.165) is 24.8 Å². The number of ether oxygens (including phenoxy) is 2. The zero-order valence-corrected chi connectivity index (χ0v) is 18.2. The molecule has 1 aromatic heterocycles. The average molecular weight is 434 g/mol. The molecule has 2 aliphatic heterocycles. The number of Topliss-reactive ketones (excluding diaryl/α,β-unsaturated/α-hetero) is 1. The topological polar surface area (TPSA) is 81.9 Å². The number of ketones is 1. The van der Waals surface area contributed by atoms with Crippen molar-refractivity contribution in [2.75, 3.05) is 11.5 Å². The van der Waals surface area contributed by atoms with E-state index >= 15 is 0 Å². The first-order chi connectivity index (χ1) is 15.5. The Morgan fingerprint density at radius 2 is 2.12 bits per heavy atom. The van der Waals surface area contributed by atoms with E-state index in [-0.39, 0.29) is 29.5 Å². The standard InChI is InChI=1S/C25H26N2O5/c1-4-10-30-17-7-5-6-16(13-17)22-21-23(28)18-11-14(2)8-9-19(18)31-24(21)25(29)27(22)20-12-15(3)32-26-20/h4-7,12-14,18-19,22H,1,8-11H2,2-3H3. The van der Waals surface area contributed by atoms with Crippen LogP contribution >= 0.6 is 0 Å². The van der Waals surface area contributed by atoms with Crippen LogP contribution in [0.4, 0.5) is 5.82 Å². The molecule has 3 heterocycles. The van der Waals surface area contributed by atoms with Crippen LogP contribution in [0.3, 0.4) is 0 Å². The fourth-order valence-electron chi connectivity index (χ4n) is 5.03. The van der Waals surface area contributed by atoms with Crippen molar-refractivity contribution in [2.45, 2.75) is 45.3 Å². The molecule has 4 unspecified atom stereocenters. The van der Waals surface area contributed by atoms with Gasteiger partial charge in [-0.1, -0.05) is 36.9 Å². The van der Waals surface area contributed by atoms with Crippen LogP contribution in [0.25, 0.3) is 0 Å². The molecule has 0 radical (unpaired) electrons. The van der Waals surface area contributed by atoms with E-state index in [0.29, 0.717) is 35.4 Å². The van der Waals surface area contributed by atoms with E-state index in [4.69, 9.17) is 14.0 Å². The molecule has 1 fully saturated rings. The summed E-state index contributed by atoms with van der Waals surface area (Å²) in [4.78, 5) is 28.8. The number of nitrogens with zero attached hydrogens (tertiary/aromatic N) is 2. The zero-order valence-electron chi connectivity index (χ0n) is 18.2. The van der Waals surface area contributed by atoms with Crippen LogP contribution in [0.1, 0.15) is 43.6 Å². The van der Waals surface area contributed by atoms with Gasteiger partial charge < -0.3 is 14.0 Å². The minimum absolute atomic E-state index is 0.00118. The highest BCUT2D eigenvalue weighted by atomic mass is 16.5. The Balaban J connectivity index is 1.61. The van der Waals surface area contributed by atoms with Crippen LogP contribution in [-0.2, 0) is 14.3 Å². The van der Waals surface area contributed by atoms with Crippen LogP contribution in [0.2, 0.25) is 0 Å². The number of aryl methyl sites for hydroxylation is 1. The number of anilines is 1. The van der Waals surface area contributed by atoms with E-state index in [1.54, 1.807) is 19.1 Å². The molecule has 4 atom stereocenters. The first-order valence-electron chi connectivity index (χ1n) is 11.0. The monoisotopic (exact) mass is 434 g/mol. The first kappa shape index (κ1) is 20.5. The quantitative estimate of drug-likeness (QED) is 0.653. The molecular weight excluding hydrogens is 408 g/mol. The lowest BCUT2D eigenvalue weighted by Crippen LogP contribution is -2.41. The molecule has 1 saturated carbocycles. The largest absolute Gasteiger partial charge is 0.490 e. The van der Waals surface area contributed by atoms with Crippen molar-refractivity contribution in [1.82, 2.24) is 5.16 Å². The Kier molecular flexibility index (Phi) is 5.12. The summed E-state index contributed by atoms with van der Waals surface area (Å²) in [7, 11) is 0. The van der Waals surface area contributed by atoms with Gasteiger partial charge in [-0.2, -0.15) is 0 Å². The van der Waals surface area contributed by atoms with Crippen molar-refractivity contribution in [2.24, 2.45) is 11.8 Å². The summed E-state index contributed by atoms with van der Waals surface area (Å²) in [5.41, 5.74) is 1.16. The van der Waals surface area contributed by atoms with Gasteiger partial charge in [0.15, 0.2) is 17.4 Å². The first-order valence-corrected chi connectivity index (χ1v) is 11.0. The van der Waals surface area contributed by atoms with Gasteiger partial charge in [0, 0.05) is 6.07 Å². The predicted octanol–water partition coefficient (Wildman–Crippen LogP) is 4.29. The smallest absolute Gasteiger partial charge is 0.295 e. The van der Waals surface area contributed by atoms with E-state index in [1.165, 1.54) is 4.90 Å². The van der Waals surface area contributed by atoms with Crippen LogP contribution < -0.4 is 9.64 Å².